The summed E-state index contributed by atoms with van der Waals surface area (Å²) in [5.74, 6) is -0.348. The molecule has 0 spiro atoms. The molecule has 2 N–H and O–H groups in total. The van der Waals surface area contributed by atoms with Gasteiger partial charge in [0.05, 0.1) is 12.1 Å². The lowest BCUT2D eigenvalue weighted by atomic mass is 10.2. The quantitative estimate of drug-likeness (QED) is 0.793. The van der Waals surface area contributed by atoms with E-state index in [4.69, 9.17) is 5.11 Å². The highest BCUT2D eigenvalue weighted by atomic mass is 16.4. The number of aryl methyl sites for hydroxylation is 1. The molecule has 0 bridgehead atoms. The molecule has 96 valence electrons. The SMILES string of the molecule is Cc1cc(C(=O)O)cnc1N1CCCNC(=O)C1. The Balaban J connectivity index is 2.27. The number of carboxylic acids is 1. The summed E-state index contributed by atoms with van der Waals surface area (Å²) in [5, 5.41) is 11.7. The number of carboxylic acid groups (broad SMARTS) is 1. The van der Waals surface area contributed by atoms with Gasteiger partial charge in [-0.3, -0.25) is 4.79 Å². The Bertz CT molecular complexity index is 487. The minimum atomic E-state index is -0.995. The van der Waals surface area contributed by atoms with E-state index in [9.17, 15) is 9.59 Å². The summed E-state index contributed by atoms with van der Waals surface area (Å²) in [5.41, 5.74) is 0.931. The minimum Gasteiger partial charge on any atom is -0.478 e. The van der Waals surface area contributed by atoms with E-state index >= 15 is 0 Å². The molecule has 1 aromatic rings. The molecule has 1 amide bonds. The lowest BCUT2D eigenvalue weighted by molar-refractivity contribution is -0.119. The molecule has 1 saturated heterocycles. The Kier molecular flexibility index (Phi) is 3.45. The largest absolute Gasteiger partial charge is 0.478 e. The number of aromatic nitrogens is 1. The fraction of sp³-hybridized carbons (Fsp3) is 0.417. The maximum atomic E-state index is 11.5. The highest BCUT2D eigenvalue weighted by Gasteiger charge is 2.18. The van der Waals surface area contributed by atoms with Gasteiger partial charge in [-0.05, 0) is 25.0 Å². The van der Waals surface area contributed by atoms with Crippen molar-refractivity contribution in [1.29, 1.82) is 0 Å². The lowest BCUT2D eigenvalue weighted by Gasteiger charge is -2.22. The first-order valence-corrected chi connectivity index (χ1v) is 5.79. The molecule has 0 aromatic carbocycles. The van der Waals surface area contributed by atoms with Gasteiger partial charge in [0.25, 0.3) is 0 Å². The second kappa shape index (κ2) is 5.03. The third kappa shape index (κ3) is 2.58. The maximum Gasteiger partial charge on any atom is 0.337 e. The van der Waals surface area contributed by atoms with E-state index in [0.717, 1.165) is 18.5 Å². The van der Waals surface area contributed by atoms with Gasteiger partial charge in [0, 0.05) is 19.3 Å². The summed E-state index contributed by atoms with van der Waals surface area (Å²) in [6.45, 7) is 3.47. The van der Waals surface area contributed by atoms with Crippen LogP contribution in [0.25, 0.3) is 0 Å². The summed E-state index contributed by atoms with van der Waals surface area (Å²) >= 11 is 0. The lowest BCUT2D eigenvalue weighted by Crippen LogP contribution is -2.34. The third-order valence-corrected chi connectivity index (χ3v) is 2.86. The van der Waals surface area contributed by atoms with Crippen molar-refractivity contribution in [2.24, 2.45) is 0 Å². The number of carbonyl (C=O) groups excluding carboxylic acids is 1. The fourth-order valence-corrected chi connectivity index (χ4v) is 2.00. The van der Waals surface area contributed by atoms with E-state index in [1.807, 2.05) is 4.90 Å². The second-order valence-corrected chi connectivity index (χ2v) is 4.29. The monoisotopic (exact) mass is 249 g/mol. The molecule has 0 atom stereocenters. The number of hydrogen-bond donors (Lipinski definition) is 2. The van der Waals surface area contributed by atoms with Gasteiger partial charge in [-0.15, -0.1) is 0 Å². The van der Waals surface area contributed by atoms with E-state index in [0.29, 0.717) is 12.4 Å². The van der Waals surface area contributed by atoms with Gasteiger partial charge in [-0.1, -0.05) is 0 Å². The summed E-state index contributed by atoms with van der Waals surface area (Å²) < 4.78 is 0. The molecule has 1 aromatic heterocycles. The zero-order valence-electron chi connectivity index (χ0n) is 10.1. The molecule has 1 fully saturated rings. The number of hydrogen-bond acceptors (Lipinski definition) is 4. The van der Waals surface area contributed by atoms with E-state index in [2.05, 4.69) is 10.3 Å². The van der Waals surface area contributed by atoms with Gasteiger partial charge in [0.1, 0.15) is 5.82 Å². The molecule has 6 nitrogen and oxygen atoms in total. The molecule has 0 saturated carbocycles. The molecular formula is C12H15N3O3. The zero-order valence-corrected chi connectivity index (χ0v) is 10.1. The van der Waals surface area contributed by atoms with Crippen LogP contribution in [0.1, 0.15) is 22.3 Å². The number of aromatic carboxylic acids is 1. The standard InChI is InChI=1S/C12H15N3O3/c1-8-5-9(12(17)18)6-14-11(8)15-4-2-3-13-10(16)7-15/h5-6H,2-4,7H2,1H3,(H,13,16)(H,17,18). The van der Waals surface area contributed by atoms with E-state index in [-0.39, 0.29) is 18.0 Å². The highest BCUT2D eigenvalue weighted by Crippen LogP contribution is 2.18. The first-order valence-electron chi connectivity index (χ1n) is 5.79. The number of anilines is 1. The van der Waals surface area contributed by atoms with Crippen LogP contribution < -0.4 is 10.2 Å². The van der Waals surface area contributed by atoms with Gasteiger partial charge in [0.2, 0.25) is 5.91 Å². The predicted octanol–water partition coefficient (Wildman–Crippen LogP) is 0.415. The molecule has 1 aliphatic heterocycles. The second-order valence-electron chi connectivity index (χ2n) is 4.29. The van der Waals surface area contributed by atoms with Crippen molar-refractivity contribution in [3.05, 3.63) is 23.4 Å². The van der Waals surface area contributed by atoms with Crippen molar-refractivity contribution in [1.82, 2.24) is 10.3 Å². The Morgan fingerprint density at radius 3 is 3.00 bits per heavy atom. The summed E-state index contributed by atoms with van der Waals surface area (Å²) in [6, 6.07) is 1.58. The molecule has 0 unspecified atom stereocenters. The normalized spacial score (nSPS) is 16.1. The molecule has 1 aliphatic rings. The summed E-state index contributed by atoms with van der Waals surface area (Å²) in [4.78, 5) is 28.4. The number of rotatable bonds is 2. The van der Waals surface area contributed by atoms with Crippen molar-refractivity contribution in [2.45, 2.75) is 13.3 Å². The van der Waals surface area contributed by atoms with Crippen LogP contribution in [0.15, 0.2) is 12.3 Å². The number of amides is 1. The number of nitrogens with one attached hydrogen (secondary N) is 1. The van der Waals surface area contributed by atoms with Crippen molar-refractivity contribution in [3.63, 3.8) is 0 Å². The topological polar surface area (TPSA) is 82.5 Å². The average molecular weight is 249 g/mol. The van der Waals surface area contributed by atoms with Gasteiger partial charge >= 0.3 is 5.97 Å². The number of nitrogens with zero attached hydrogens (tertiary/aromatic N) is 2. The number of carbonyl (C=O) groups is 2. The first-order chi connectivity index (χ1) is 8.58. The van der Waals surface area contributed by atoms with Gasteiger partial charge in [-0.25, -0.2) is 9.78 Å². The van der Waals surface area contributed by atoms with Gasteiger partial charge < -0.3 is 15.3 Å². The third-order valence-electron chi connectivity index (χ3n) is 2.86. The Morgan fingerprint density at radius 2 is 2.33 bits per heavy atom. The predicted molar refractivity (Wildman–Crippen MR) is 65.8 cm³/mol. The Labute approximate surface area is 105 Å². The van der Waals surface area contributed by atoms with Crippen LogP contribution in [-0.2, 0) is 4.79 Å². The van der Waals surface area contributed by atoms with Crippen LogP contribution in [0.3, 0.4) is 0 Å². The van der Waals surface area contributed by atoms with Crippen molar-refractivity contribution in [2.75, 3.05) is 24.5 Å². The van der Waals surface area contributed by atoms with E-state index in [1.165, 1.54) is 6.20 Å². The van der Waals surface area contributed by atoms with Crippen LogP contribution >= 0.6 is 0 Å². The van der Waals surface area contributed by atoms with Gasteiger partial charge in [0.15, 0.2) is 0 Å². The number of pyridine rings is 1. The van der Waals surface area contributed by atoms with Crippen molar-refractivity contribution < 1.29 is 14.7 Å². The van der Waals surface area contributed by atoms with E-state index < -0.39 is 5.97 Å². The molecular weight excluding hydrogens is 234 g/mol. The summed E-state index contributed by atoms with van der Waals surface area (Å²) in [7, 11) is 0. The Hall–Kier alpha value is -2.11. The fourth-order valence-electron chi connectivity index (χ4n) is 2.00. The molecule has 6 heteroatoms. The maximum absolute atomic E-state index is 11.5. The first kappa shape index (κ1) is 12.3. The average Bonchev–Trinajstić information content (AvgIpc) is 2.53. The molecule has 2 heterocycles. The molecule has 0 radical (unpaired) electrons. The molecule has 18 heavy (non-hydrogen) atoms. The smallest absolute Gasteiger partial charge is 0.337 e. The van der Waals surface area contributed by atoms with Crippen LogP contribution in [0.2, 0.25) is 0 Å². The van der Waals surface area contributed by atoms with Crippen LogP contribution in [0.4, 0.5) is 5.82 Å². The molecule has 2 rings (SSSR count). The van der Waals surface area contributed by atoms with Crippen LogP contribution in [0, 0.1) is 6.92 Å². The minimum absolute atomic E-state index is 0.0315. The molecule has 0 aliphatic carbocycles. The summed E-state index contributed by atoms with van der Waals surface area (Å²) in [6.07, 6.45) is 2.18. The Morgan fingerprint density at radius 1 is 1.56 bits per heavy atom. The van der Waals surface area contributed by atoms with Gasteiger partial charge in [-0.2, -0.15) is 0 Å². The van der Waals surface area contributed by atoms with Crippen molar-refractivity contribution in [3.8, 4) is 0 Å². The van der Waals surface area contributed by atoms with E-state index in [1.54, 1.807) is 13.0 Å². The van der Waals surface area contributed by atoms with Crippen LogP contribution in [-0.4, -0.2) is 41.6 Å². The zero-order chi connectivity index (χ0) is 13.1. The van der Waals surface area contributed by atoms with Crippen molar-refractivity contribution >= 4 is 17.7 Å². The highest BCUT2D eigenvalue weighted by molar-refractivity contribution is 5.88. The van der Waals surface area contributed by atoms with Crippen LogP contribution in [0.5, 0.6) is 0 Å².